The Balaban J connectivity index is 1.25. The lowest BCUT2D eigenvalue weighted by atomic mass is 9.94. The molecular weight excluding hydrogens is 631 g/mol. The van der Waals surface area contributed by atoms with Gasteiger partial charge >= 0.3 is 0 Å². The lowest BCUT2D eigenvalue weighted by Crippen LogP contribution is -1.97. The molecule has 10 rings (SSSR count). The summed E-state index contributed by atoms with van der Waals surface area (Å²) in [6.45, 7) is 0. The Morgan fingerprint density at radius 3 is 1.96 bits per heavy atom. The number of benzene rings is 6. The molecule has 0 atom stereocenters. The Morgan fingerprint density at radius 1 is 0.460 bits per heavy atom. The lowest BCUT2D eigenvalue weighted by Gasteiger charge is -2.13. The molecule has 6 aromatic carbocycles. The highest BCUT2D eigenvalue weighted by molar-refractivity contribution is 7.26. The maximum Gasteiger partial charge on any atom is 0.160 e. The summed E-state index contributed by atoms with van der Waals surface area (Å²) >= 11 is 1.84. The Hall–Kier alpha value is -6.43. The van der Waals surface area contributed by atoms with Crippen LogP contribution in [0.1, 0.15) is 0 Å². The SMILES string of the molecule is c1ccc(-c2nc(-c3ccccc3-c3ccccn3)cc(-c3ccc(-c4cccc5c4sc4ccccc45)c4c3oc3ccccc34)n2)cc1. The zero-order chi connectivity index (χ0) is 33.0. The minimum atomic E-state index is 0.650. The zero-order valence-corrected chi connectivity index (χ0v) is 27.6. The minimum Gasteiger partial charge on any atom is -0.455 e. The summed E-state index contributed by atoms with van der Waals surface area (Å²) in [4.78, 5) is 15.1. The van der Waals surface area contributed by atoms with E-state index in [9.17, 15) is 0 Å². The largest absolute Gasteiger partial charge is 0.455 e. The van der Waals surface area contributed by atoms with Crippen molar-refractivity contribution in [2.45, 2.75) is 0 Å². The van der Waals surface area contributed by atoms with Gasteiger partial charge in [0.05, 0.1) is 17.1 Å². The van der Waals surface area contributed by atoms with Crippen LogP contribution in [0.25, 0.3) is 98.4 Å². The summed E-state index contributed by atoms with van der Waals surface area (Å²) in [5.74, 6) is 0.650. The lowest BCUT2D eigenvalue weighted by molar-refractivity contribution is 0.670. The fourth-order valence-corrected chi connectivity index (χ4v) is 8.34. The third-order valence-electron chi connectivity index (χ3n) is 9.40. The first kappa shape index (κ1) is 28.6. The molecule has 0 aliphatic carbocycles. The standard InChI is InChI=1S/C45H27N3OS/c1-2-13-28(14-3-1)45-47-38(30-16-5-4-15-29(30)37-21-10-11-26-46-37)27-39(48-45)35-25-24-32(42-36-18-6-8-22-40(36)49-43(35)42)34-20-12-19-33-31-17-7-9-23-41(31)50-44(33)34/h1-27H. The molecule has 0 aliphatic rings. The van der Waals surface area contributed by atoms with Crippen molar-refractivity contribution in [2.24, 2.45) is 0 Å². The first-order valence-electron chi connectivity index (χ1n) is 16.6. The second kappa shape index (κ2) is 11.6. The van der Waals surface area contributed by atoms with Crippen LogP contribution in [0.2, 0.25) is 0 Å². The van der Waals surface area contributed by atoms with E-state index in [2.05, 4.69) is 102 Å². The van der Waals surface area contributed by atoms with Crippen LogP contribution >= 0.6 is 11.3 Å². The minimum absolute atomic E-state index is 0.650. The van der Waals surface area contributed by atoms with Crippen molar-refractivity contribution in [3.8, 4) is 56.3 Å². The fraction of sp³-hybridized carbons (Fsp3) is 0. The topological polar surface area (TPSA) is 51.8 Å². The van der Waals surface area contributed by atoms with Gasteiger partial charge in [-0.15, -0.1) is 11.3 Å². The Bertz CT molecular complexity index is 2870. The van der Waals surface area contributed by atoms with Crippen LogP contribution in [0.4, 0.5) is 0 Å². The van der Waals surface area contributed by atoms with Crippen molar-refractivity contribution >= 4 is 53.4 Å². The number of hydrogen-bond donors (Lipinski definition) is 0. The number of hydrogen-bond acceptors (Lipinski definition) is 5. The van der Waals surface area contributed by atoms with Crippen LogP contribution in [-0.2, 0) is 0 Å². The maximum atomic E-state index is 6.79. The fourth-order valence-electron chi connectivity index (χ4n) is 7.11. The van der Waals surface area contributed by atoms with Gasteiger partial charge in [0.1, 0.15) is 11.2 Å². The highest BCUT2D eigenvalue weighted by Gasteiger charge is 2.22. The van der Waals surface area contributed by atoms with Crippen molar-refractivity contribution in [3.63, 3.8) is 0 Å². The molecule has 0 N–H and O–H groups in total. The highest BCUT2D eigenvalue weighted by atomic mass is 32.1. The number of thiophene rings is 1. The van der Waals surface area contributed by atoms with Crippen molar-refractivity contribution in [2.75, 3.05) is 0 Å². The Morgan fingerprint density at radius 2 is 1.12 bits per heavy atom. The second-order valence-corrected chi connectivity index (χ2v) is 13.4. The molecule has 4 nitrogen and oxygen atoms in total. The Labute approximate surface area is 292 Å². The van der Waals surface area contributed by atoms with Crippen LogP contribution in [-0.4, -0.2) is 15.0 Å². The van der Waals surface area contributed by atoms with Crippen LogP contribution in [0.15, 0.2) is 168 Å². The van der Waals surface area contributed by atoms with Gasteiger partial charge in [0.15, 0.2) is 5.82 Å². The third kappa shape index (κ3) is 4.63. The van der Waals surface area contributed by atoms with Crippen molar-refractivity contribution in [1.82, 2.24) is 15.0 Å². The van der Waals surface area contributed by atoms with E-state index in [4.69, 9.17) is 14.4 Å². The molecule has 0 fully saturated rings. The molecule has 0 bridgehead atoms. The van der Waals surface area contributed by atoms with E-state index in [1.807, 2.05) is 78.2 Å². The predicted octanol–water partition coefficient (Wildman–Crippen LogP) is 12.5. The van der Waals surface area contributed by atoms with Gasteiger partial charge in [0.25, 0.3) is 0 Å². The molecular formula is C45H27N3OS. The van der Waals surface area contributed by atoms with E-state index in [-0.39, 0.29) is 0 Å². The van der Waals surface area contributed by atoms with E-state index in [1.165, 1.54) is 25.7 Å². The van der Waals surface area contributed by atoms with E-state index >= 15 is 0 Å². The predicted molar refractivity (Wildman–Crippen MR) is 207 cm³/mol. The monoisotopic (exact) mass is 657 g/mol. The smallest absolute Gasteiger partial charge is 0.160 e. The number of fused-ring (bicyclic) bond motifs is 6. The molecule has 0 unspecified atom stereocenters. The molecule has 5 heteroatoms. The maximum absolute atomic E-state index is 6.79. The number of furan rings is 1. The average Bonchev–Trinajstić information content (AvgIpc) is 3.77. The highest BCUT2D eigenvalue weighted by Crippen LogP contribution is 2.46. The molecule has 0 aliphatic heterocycles. The number of aromatic nitrogens is 3. The number of pyridine rings is 1. The molecule has 50 heavy (non-hydrogen) atoms. The number of nitrogens with zero attached hydrogens (tertiary/aromatic N) is 3. The number of rotatable bonds is 5. The molecule has 0 saturated carbocycles. The summed E-state index contributed by atoms with van der Waals surface area (Å²) in [5.41, 5.74) is 10.4. The van der Waals surface area contributed by atoms with Crippen LogP contribution in [0, 0.1) is 0 Å². The number of para-hydroxylation sites is 1. The van der Waals surface area contributed by atoms with Crippen molar-refractivity contribution in [3.05, 3.63) is 164 Å². The van der Waals surface area contributed by atoms with E-state index < -0.39 is 0 Å². The molecule has 234 valence electrons. The van der Waals surface area contributed by atoms with E-state index in [0.717, 1.165) is 66.8 Å². The van der Waals surface area contributed by atoms with Gasteiger partial charge < -0.3 is 4.42 Å². The van der Waals surface area contributed by atoms with Gasteiger partial charge in [-0.2, -0.15) is 0 Å². The van der Waals surface area contributed by atoms with Gasteiger partial charge in [-0.1, -0.05) is 121 Å². The Kier molecular flexibility index (Phi) is 6.64. The van der Waals surface area contributed by atoms with Crippen LogP contribution in [0.3, 0.4) is 0 Å². The molecule has 0 amide bonds. The van der Waals surface area contributed by atoms with E-state index in [1.54, 1.807) is 0 Å². The van der Waals surface area contributed by atoms with Crippen molar-refractivity contribution in [1.29, 1.82) is 0 Å². The summed E-state index contributed by atoms with van der Waals surface area (Å²) in [7, 11) is 0. The first-order chi connectivity index (χ1) is 24.8. The van der Waals surface area contributed by atoms with Gasteiger partial charge in [-0.3, -0.25) is 4.98 Å². The summed E-state index contributed by atoms with van der Waals surface area (Å²) < 4.78 is 9.35. The first-order valence-corrected chi connectivity index (χ1v) is 17.4. The van der Waals surface area contributed by atoms with Gasteiger partial charge in [-0.05, 0) is 42.0 Å². The summed E-state index contributed by atoms with van der Waals surface area (Å²) in [5, 5.41) is 4.72. The molecule has 10 aromatic rings. The summed E-state index contributed by atoms with van der Waals surface area (Å²) in [6, 6.07) is 54.5. The molecule has 4 heterocycles. The van der Waals surface area contributed by atoms with Gasteiger partial charge in [-0.25, -0.2) is 9.97 Å². The quantitative estimate of drug-likeness (QED) is 0.185. The second-order valence-electron chi connectivity index (χ2n) is 12.3. The molecule has 0 saturated heterocycles. The van der Waals surface area contributed by atoms with Gasteiger partial charge in [0, 0.05) is 65.0 Å². The van der Waals surface area contributed by atoms with Crippen LogP contribution < -0.4 is 0 Å². The zero-order valence-electron chi connectivity index (χ0n) is 26.7. The normalized spacial score (nSPS) is 11.6. The third-order valence-corrected chi connectivity index (χ3v) is 10.6. The van der Waals surface area contributed by atoms with Crippen molar-refractivity contribution < 1.29 is 4.42 Å². The molecule has 4 aromatic heterocycles. The average molecular weight is 658 g/mol. The van der Waals surface area contributed by atoms with Gasteiger partial charge in [0.2, 0.25) is 0 Å². The summed E-state index contributed by atoms with van der Waals surface area (Å²) in [6.07, 6.45) is 1.83. The molecule has 0 radical (unpaired) electrons. The molecule has 0 spiro atoms. The van der Waals surface area contributed by atoms with Crippen LogP contribution in [0.5, 0.6) is 0 Å². The van der Waals surface area contributed by atoms with E-state index in [0.29, 0.717) is 5.82 Å².